The molecule has 29 heavy (non-hydrogen) atoms. The molecule has 4 rings (SSSR count). The molecule has 0 fully saturated rings. The van der Waals surface area contributed by atoms with E-state index >= 15 is 0 Å². The van der Waals surface area contributed by atoms with Gasteiger partial charge in [0, 0.05) is 0 Å². The first-order chi connectivity index (χ1) is 14.0. The van der Waals surface area contributed by atoms with E-state index in [9.17, 15) is 4.79 Å². The van der Waals surface area contributed by atoms with E-state index in [4.69, 9.17) is 5.10 Å². The Morgan fingerprint density at radius 1 is 1.03 bits per heavy atom. The van der Waals surface area contributed by atoms with Crippen molar-refractivity contribution in [3.8, 4) is 16.3 Å². The van der Waals surface area contributed by atoms with Crippen LogP contribution >= 0.6 is 11.3 Å². The maximum atomic E-state index is 13.2. The zero-order chi connectivity index (χ0) is 20.4. The highest BCUT2D eigenvalue weighted by Gasteiger charge is 2.21. The topological polar surface area (TPSA) is 46.9 Å². The van der Waals surface area contributed by atoms with E-state index in [0.29, 0.717) is 5.69 Å². The Balaban J connectivity index is 1.75. The van der Waals surface area contributed by atoms with Crippen molar-refractivity contribution < 1.29 is 4.79 Å². The Kier molecular flexibility index (Phi) is 5.32. The van der Waals surface area contributed by atoms with E-state index < -0.39 is 0 Å². The molecular weight excluding hydrogens is 378 g/mol. The third kappa shape index (κ3) is 4.00. The lowest BCUT2D eigenvalue weighted by atomic mass is 10.1. The number of amides is 1. The first-order valence-corrected chi connectivity index (χ1v) is 10.5. The number of thiophene rings is 1. The molecule has 1 N–H and O–H groups in total. The van der Waals surface area contributed by atoms with E-state index in [1.807, 2.05) is 74.7 Å². The number of nitrogens with zero attached hydrogens (tertiary/aromatic N) is 2. The number of aromatic nitrogens is 2. The van der Waals surface area contributed by atoms with Crippen LogP contribution in [0, 0.1) is 13.8 Å². The van der Waals surface area contributed by atoms with Gasteiger partial charge >= 0.3 is 0 Å². The Bertz CT molecular complexity index is 1130. The van der Waals surface area contributed by atoms with Gasteiger partial charge in [-0.25, -0.2) is 4.68 Å². The van der Waals surface area contributed by atoms with Gasteiger partial charge in [-0.05, 0) is 61.0 Å². The number of hydrogen-bond acceptors (Lipinski definition) is 3. The first-order valence-electron chi connectivity index (χ1n) is 9.60. The van der Waals surface area contributed by atoms with E-state index in [1.165, 1.54) is 0 Å². The van der Waals surface area contributed by atoms with Crippen LogP contribution in [-0.4, -0.2) is 15.7 Å². The molecular formula is C24H23N3OS. The molecule has 2 aromatic carbocycles. The molecule has 0 radical (unpaired) electrons. The molecule has 1 atom stereocenters. The Hall–Kier alpha value is -3.18. The van der Waals surface area contributed by atoms with Crippen molar-refractivity contribution in [2.24, 2.45) is 0 Å². The largest absolute Gasteiger partial charge is 0.344 e. The summed E-state index contributed by atoms with van der Waals surface area (Å²) in [5, 5.41) is 9.93. The van der Waals surface area contributed by atoms with Crippen LogP contribution in [0.5, 0.6) is 0 Å². The van der Waals surface area contributed by atoms with Crippen molar-refractivity contribution in [1.29, 1.82) is 0 Å². The number of aryl methyl sites for hydroxylation is 2. The minimum atomic E-state index is -0.141. The lowest BCUT2D eigenvalue weighted by Crippen LogP contribution is -2.28. The van der Waals surface area contributed by atoms with Gasteiger partial charge in [0.05, 0.1) is 16.6 Å². The lowest BCUT2D eigenvalue weighted by molar-refractivity contribution is 0.0932. The highest BCUT2D eigenvalue weighted by Crippen LogP contribution is 2.27. The van der Waals surface area contributed by atoms with Crippen molar-refractivity contribution in [3.63, 3.8) is 0 Å². The summed E-state index contributed by atoms with van der Waals surface area (Å²) in [6.45, 7) is 6.07. The summed E-state index contributed by atoms with van der Waals surface area (Å²) in [5.74, 6) is -0.141. The summed E-state index contributed by atoms with van der Waals surface area (Å²) in [6.07, 6.45) is 0. The number of carbonyl (C=O) groups excluding carboxylic acids is 1. The average Bonchev–Trinajstić information content (AvgIpc) is 3.40. The SMILES string of the molecule is Cc1ccc(C)c(-n2nc(-c3cccs3)cc2C(=O)NC(C)c2ccccc2)c1. The van der Waals surface area contributed by atoms with Crippen molar-refractivity contribution in [3.05, 3.63) is 94.5 Å². The lowest BCUT2D eigenvalue weighted by Gasteiger charge is -2.16. The summed E-state index contributed by atoms with van der Waals surface area (Å²) in [7, 11) is 0. The van der Waals surface area contributed by atoms with Crippen molar-refractivity contribution >= 4 is 17.2 Å². The van der Waals surface area contributed by atoms with Crippen LogP contribution in [0.25, 0.3) is 16.3 Å². The summed E-state index contributed by atoms with van der Waals surface area (Å²) in [5.41, 5.74) is 5.52. The predicted octanol–water partition coefficient (Wildman–Crippen LogP) is 5.71. The summed E-state index contributed by atoms with van der Waals surface area (Å²) >= 11 is 1.62. The van der Waals surface area contributed by atoms with Crippen LogP contribution < -0.4 is 5.32 Å². The number of hydrogen-bond donors (Lipinski definition) is 1. The molecule has 0 aliphatic heterocycles. The fourth-order valence-electron chi connectivity index (χ4n) is 3.31. The quantitative estimate of drug-likeness (QED) is 0.466. The van der Waals surface area contributed by atoms with Gasteiger partial charge in [-0.15, -0.1) is 11.3 Å². The number of carbonyl (C=O) groups is 1. The molecule has 4 nitrogen and oxygen atoms in total. The molecule has 1 amide bonds. The maximum Gasteiger partial charge on any atom is 0.270 e. The highest BCUT2D eigenvalue weighted by molar-refractivity contribution is 7.13. The van der Waals surface area contributed by atoms with Gasteiger partial charge in [-0.2, -0.15) is 5.10 Å². The second-order valence-corrected chi connectivity index (χ2v) is 8.15. The molecule has 0 spiro atoms. The normalized spacial score (nSPS) is 12.0. The van der Waals surface area contributed by atoms with Crippen LogP contribution in [0.4, 0.5) is 0 Å². The third-order valence-corrected chi connectivity index (χ3v) is 5.85. The standard InChI is InChI=1S/C24H23N3OS/c1-16-11-12-17(2)21(14-16)27-22(15-20(26-27)23-10-7-13-29-23)24(28)25-18(3)19-8-5-4-6-9-19/h4-15,18H,1-3H3,(H,25,28). The van der Waals surface area contributed by atoms with Crippen LogP contribution in [-0.2, 0) is 0 Å². The van der Waals surface area contributed by atoms with Crippen molar-refractivity contribution in [1.82, 2.24) is 15.1 Å². The molecule has 4 aromatic rings. The zero-order valence-electron chi connectivity index (χ0n) is 16.7. The average molecular weight is 402 g/mol. The van der Waals surface area contributed by atoms with Gasteiger partial charge in [0.15, 0.2) is 0 Å². The Labute approximate surface area is 174 Å². The van der Waals surface area contributed by atoms with Crippen LogP contribution in [0.3, 0.4) is 0 Å². The molecule has 2 aromatic heterocycles. The van der Waals surface area contributed by atoms with Crippen LogP contribution in [0.15, 0.2) is 72.1 Å². The van der Waals surface area contributed by atoms with Crippen LogP contribution in [0.2, 0.25) is 0 Å². The monoisotopic (exact) mass is 401 g/mol. The molecule has 2 heterocycles. The summed E-state index contributed by atoms with van der Waals surface area (Å²) in [4.78, 5) is 14.3. The van der Waals surface area contributed by atoms with Gasteiger partial charge < -0.3 is 5.32 Å². The second kappa shape index (κ2) is 8.05. The van der Waals surface area contributed by atoms with E-state index in [2.05, 4.69) is 23.5 Å². The molecule has 0 aliphatic rings. The van der Waals surface area contributed by atoms with Gasteiger partial charge in [-0.3, -0.25) is 4.79 Å². The van der Waals surface area contributed by atoms with E-state index in [1.54, 1.807) is 16.0 Å². The second-order valence-electron chi connectivity index (χ2n) is 7.20. The fourth-order valence-corrected chi connectivity index (χ4v) is 4.00. The smallest absolute Gasteiger partial charge is 0.270 e. The van der Waals surface area contributed by atoms with Gasteiger partial charge in [0.25, 0.3) is 5.91 Å². The van der Waals surface area contributed by atoms with Crippen molar-refractivity contribution in [2.45, 2.75) is 26.8 Å². The molecule has 0 aliphatic carbocycles. The summed E-state index contributed by atoms with van der Waals surface area (Å²) < 4.78 is 1.77. The number of rotatable bonds is 5. The third-order valence-electron chi connectivity index (χ3n) is 4.96. The molecule has 0 saturated heterocycles. The molecule has 146 valence electrons. The maximum absolute atomic E-state index is 13.2. The number of benzene rings is 2. The first kappa shape index (κ1) is 19.2. The molecule has 0 bridgehead atoms. The Morgan fingerprint density at radius 2 is 1.83 bits per heavy atom. The predicted molar refractivity (Wildman–Crippen MR) is 119 cm³/mol. The van der Waals surface area contributed by atoms with E-state index in [0.717, 1.165) is 32.9 Å². The van der Waals surface area contributed by atoms with Gasteiger partial charge in [0.2, 0.25) is 0 Å². The van der Waals surface area contributed by atoms with Gasteiger partial charge in [0.1, 0.15) is 11.4 Å². The van der Waals surface area contributed by atoms with Gasteiger partial charge in [-0.1, -0.05) is 48.5 Å². The van der Waals surface area contributed by atoms with E-state index in [-0.39, 0.29) is 11.9 Å². The molecule has 5 heteroatoms. The number of nitrogens with one attached hydrogen (secondary N) is 1. The van der Waals surface area contributed by atoms with Crippen molar-refractivity contribution in [2.75, 3.05) is 0 Å². The zero-order valence-corrected chi connectivity index (χ0v) is 17.5. The molecule has 0 saturated carbocycles. The highest BCUT2D eigenvalue weighted by atomic mass is 32.1. The fraction of sp³-hybridized carbons (Fsp3) is 0.167. The minimum Gasteiger partial charge on any atom is -0.344 e. The minimum absolute atomic E-state index is 0.101. The van der Waals surface area contributed by atoms with Crippen LogP contribution in [0.1, 0.15) is 40.1 Å². The Morgan fingerprint density at radius 3 is 2.55 bits per heavy atom. The molecule has 1 unspecified atom stereocenters. The summed E-state index contributed by atoms with van der Waals surface area (Å²) in [6, 6.07) is 22.0.